The fourth-order valence-corrected chi connectivity index (χ4v) is 3.14. The van der Waals surface area contributed by atoms with Crippen molar-refractivity contribution in [2.24, 2.45) is 0 Å². The molecule has 20 heavy (non-hydrogen) atoms. The van der Waals surface area contributed by atoms with Gasteiger partial charge >= 0.3 is 5.97 Å². The Morgan fingerprint density at radius 2 is 1.85 bits per heavy atom. The molecule has 2 nitrogen and oxygen atoms in total. The molecule has 0 aliphatic heterocycles. The monoisotopic (exact) mass is 274 g/mol. The van der Waals surface area contributed by atoms with Gasteiger partial charge in [-0.3, -0.25) is 4.79 Å². The molecule has 0 spiro atoms. The zero-order valence-electron chi connectivity index (χ0n) is 12.6. The Labute approximate surface area is 122 Å². The van der Waals surface area contributed by atoms with E-state index in [9.17, 15) is 4.79 Å². The Bertz CT molecular complexity index is 405. The van der Waals surface area contributed by atoms with Crippen molar-refractivity contribution >= 4 is 5.97 Å². The molecule has 0 N–H and O–H groups in total. The quantitative estimate of drug-likeness (QED) is 0.705. The summed E-state index contributed by atoms with van der Waals surface area (Å²) in [6.07, 6.45) is 9.52. The summed E-state index contributed by atoms with van der Waals surface area (Å²) >= 11 is 0. The SMILES string of the molecule is CCCCC1(OC(=O)Cc2ccccc2)CCCCC1. The van der Waals surface area contributed by atoms with Gasteiger partial charge in [0.05, 0.1) is 6.42 Å². The summed E-state index contributed by atoms with van der Waals surface area (Å²) in [5.74, 6) is -0.0609. The smallest absolute Gasteiger partial charge is 0.310 e. The third kappa shape index (κ3) is 4.36. The Hall–Kier alpha value is -1.31. The van der Waals surface area contributed by atoms with Gasteiger partial charge in [0, 0.05) is 0 Å². The van der Waals surface area contributed by atoms with Crippen LogP contribution in [0.2, 0.25) is 0 Å². The van der Waals surface area contributed by atoms with Crippen molar-refractivity contribution < 1.29 is 9.53 Å². The minimum atomic E-state index is -0.167. The molecule has 2 heteroatoms. The molecule has 0 heterocycles. The van der Waals surface area contributed by atoms with Crippen LogP contribution in [0, 0.1) is 0 Å². The molecule has 0 saturated heterocycles. The zero-order valence-corrected chi connectivity index (χ0v) is 12.6. The Morgan fingerprint density at radius 3 is 2.50 bits per heavy atom. The Kier molecular flexibility index (Phi) is 5.63. The average molecular weight is 274 g/mol. The third-order valence-electron chi connectivity index (χ3n) is 4.27. The van der Waals surface area contributed by atoms with E-state index >= 15 is 0 Å². The zero-order chi connectivity index (χ0) is 14.3. The highest BCUT2D eigenvalue weighted by Crippen LogP contribution is 2.36. The molecular formula is C18H26O2. The van der Waals surface area contributed by atoms with E-state index in [0.717, 1.165) is 37.7 Å². The van der Waals surface area contributed by atoms with Gasteiger partial charge in [-0.2, -0.15) is 0 Å². The van der Waals surface area contributed by atoms with Gasteiger partial charge < -0.3 is 4.74 Å². The molecule has 2 rings (SSSR count). The minimum Gasteiger partial charge on any atom is -0.459 e. The predicted molar refractivity (Wildman–Crippen MR) is 81.6 cm³/mol. The lowest BCUT2D eigenvalue weighted by molar-refractivity contribution is -0.163. The third-order valence-corrected chi connectivity index (χ3v) is 4.27. The molecule has 110 valence electrons. The molecule has 1 saturated carbocycles. The van der Waals surface area contributed by atoms with Crippen LogP contribution in [-0.2, 0) is 16.0 Å². The summed E-state index contributed by atoms with van der Waals surface area (Å²) < 4.78 is 5.95. The molecule has 0 atom stereocenters. The van der Waals surface area contributed by atoms with E-state index in [0.29, 0.717) is 6.42 Å². The topological polar surface area (TPSA) is 26.3 Å². The fraction of sp³-hybridized carbons (Fsp3) is 0.611. The highest BCUT2D eigenvalue weighted by atomic mass is 16.6. The second-order valence-electron chi connectivity index (χ2n) is 5.98. The van der Waals surface area contributed by atoms with E-state index in [1.807, 2.05) is 30.3 Å². The number of esters is 1. The molecular weight excluding hydrogens is 248 g/mol. The number of carbonyl (C=O) groups is 1. The maximum Gasteiger partial charge on any atom is 0.310 e. The van der Waals surface area contributed by atoms with Crippen LogP contribution in [0.15, 0.2) is 30.3 Å². The van der Waals surface area contributed by atoms with Crippen molar-refractivity contribution in [3.05, 3.63) is 35.9 Å². The normalized spacial score (nSPS) is 17.6. The van der Waals surface area contributed by atoms with Crippen LogP contribution in [0.5, 0.6) is 0 Å². The molecule has 0 amide bonds. The number of hydrogen-bond donors (Lipinski definition) is 0. The van der Waals surface area contributed by atoms with Gasteiger partial charge in [-0.1, -0.05) is 50.1 Å². The first-order valence-corrected chi connectivity index (χ1v) is 8.00. The van der Waals surface area contributed by atoms with Gasteiger partial charge in [-0.15, -0.1) is 0 Å². The maximum absolute atomic E-state index is 12.2. The van der Waals surface area contributed by atoms with Crippen molar-refractivity contribution in [2.45, 2.75) is 70.3 Å². The summed E-state index contributed by atoms with van der Waals surface area (Å²) in [5, 5.41) is 0. The minimum absolute atomic E-state index is 0.0609. The van der Waals surface area contributed by atoms with Gasteiger partial charge in [-0.05, 0) is 44.1 Å². The van der Waals surface area contributed by atoms with E-state index in [4.69, 9.17) is 4.74 Å². The van der Waals surface area contributed by atoms with Crippen LogP contribution in [0.25, 0.3) is 0 Å². The van der Waals surface area contributed by atoms with Crippen molar-refractivity contribution in [1.29, 1.82) is 0 Å². The molecule has 1 aliphatic rings. The van der Waals surface area contributed by atoms with E-state index in [2.05, 4.69) is 6.92 Å². The number of ether oxygens (including phenoxy) is 1. The summed E-state index contributed by atoms with van der Waals surface area (Å²) in [4.78, 5) is 12.2. The molecule has 0 radical (unpaired) electrons. The van der Waals surface area contributed by atoms with E-state index in [1.165, 1.54) is 19.3 Å². The van der Waals surface area contributed by atoms with Crippen molar-refractivity contribution in [1.82, 2.24) is 0 Å². The largest absolute Gasteiger partial charge is 0.459 e. The first-order valence-electron chi connectivity index (χ1n) is 8.00. The summed E-state index contributed by atoms with van der Waals surface area (Å²) in [5.41, 5.74) is 0.874. The van der Waals surface area contributed by atoms with E-state index < -0.39 is 0 Å². The lowest BCUT2D eigenvalue weighted by atomic mass is 9.81. The second-order valence-corrected chi connectivity index (χ2v) is 5.98. The van der Waals surface area contributed by atoms with Gasteiger partial charge in [0.15, 0.2) is 0 Å². The van der Waals surface area contributed by atoms with Crippen molar-refractivity contribution in [2.75, 3.05) is 0 Å². The van der Waals surface area contributed by atoms with Crippen LogP contribution in [-0.4, -0.2) is 11.6 Å². The molecule has 0 unspecified atom stereocenters. The average Bonchev–Trinajstić information content (AvgIpc) is 2.47. The fourth-order valence-electron chi connectivity index (χ4n) is 3.14. The highest BCUT2D eigenvalue weighted by molar-refractivity contribution is 5.73. The molecule has 1 aromatic carbocycles. The van der Waals surface area contributed by atoms with Crippen LogP contribution in [0.4, 0.5) is 0 Å². The number of carbonyl (C=O) groups excluding carboxylic acids is 1. The van der Waals surface area contributed by atoms with E-state index in [-0.39, 0.29) is 11.6 Å². The first-order chi connectivity index (χ1) is 9.74. The summed E-state index contributed by atoms with van der Waals surface area (Å²) in [6, 6.07) is 9.88. The molecule has 1 fully saturated rings. The predicted octanol–water partition coefficient (Wildman–Crippen LogP) is 4.67. The van der Waals surface area contributed by atoms with Crippen LogP contribution in [0.3, 0.4) is 0 Å². The van der Waals surface area contributed by atoms with Crippen LogP contribution >= 0.6 is 0 Å². The standard InChI is InChI=1S/C18H26O2/c1-2-3-12-18(13-8-5-9-14-18)20-17(19)15-16-10-6-4-7-11-16/h4,6-7,10-11H,2-3,5,8-9,12-15H2,1H3. The number of unbranched alkanes of at least 4 members (excludes halogenated alkanes) is 1. The Balaban J connectivity index is 1.94. The molecule has 0 aromatic heterocycles. The number of hydrogen-bond acceptors (Lipinski definition) is 2. The summed E-state index contributed by atoms with van der Waals surface area (Å²) in [6.45, 7) is 2.20. The van der Waals surface area contributed by atoms with E-state index in [1.54, 1.807) is 0 Å². The van der Waals surface area contributed by atoms with Crippen molar-refractivity contribution in [3.63, 3.8) is 0 Å². The van der Waals surface area contributed by atoms with Gasteiger partial charge in [0.25, 0.3) is 0 Å². The van der Waals surface area contributed by atoms with Gasteiger partial charge in [-0.25, -0.2) is 0 Å². The van der Waals surface area contributed by atoms with Gasteiger partial charge in [0.2, 0.25) is 0 Å². The summed E-state index contributed by atoms with van der Waals surface area (Å²) in [7, 11) is 0. The van der Waals surface area contributed by atoms with Crippen molar-refractivity contribution in [3.8, 4) is 0 Å². The van der Waals surface area contributed by atoms with Crippen LogP contribution in [0.1, 0.15) is 63.9 Å². The first kappa shape index (κ1) is 15.1. The number of rotatable bonds is 6. The highest BCUT2D eigenvalue weighted by Gasteiger charge is 2.35. The maximum atomic E-state index is 12.2. The van der Waals surface area contributed by atoms with Crippen LogP contribution < -0.4 is 0 Å². The lowest BCUT2D eigenvalue weighted by Gasteiger charge is -2.37. The molecule has 0 bridgehead atoms. The number of benzene rings is 1. The molecule has 1 aromatic rings. The second kappa shape index (κ2) is 7.47. The Morgan fingerprint density at radius 1 is 1.15 bits per heavy atom. The lowest BCUT2D eigenvalue weighted by Crippen LogP contribution is -2.37. The van der Waals surface area contributed by atoms with Gasteiger partial charge in [0.1, 0.15) is 5.60 Å². The molecule has 1 aliphatic carbocycles.